The van der Waals surface area contributed by atoms with Crippen molar-refractivity contribution >= 4 is 0 Å². The molecule has 0 saturated heterocycles. The van der Waals surface area contributed by atoms with Crippen LogP contribution >= 0.6 is 0 Å². The monoisotopic (exact) mass is 921 g/mol. The lowest BCUT2D eigenvalue weighted by Gasteiger charge is -2.60. The van der Waals surface area contributed by atoms with Gasteiger partial charge in [0.05, 0.1) is 0 Å². The normalized spacial score (nSPS) is 33.2. The Morgan fingerprint density at radius 2 is 0.727 bits per heavy atom. The van der Waals surface area contributed by atoms with E-state index >= 15 is 0 Å². The largest absolute Gasteiger partial charge is 0.0654 e. The van der Waals surface area contributed by atoms with E-state index in [-0.39, 0.29) is 0 Å². The van der Waals surface area contributed by atoms with Crippen LogP contribution in [0.25, 0.3) is 0 Å². The molecule has 0 spiro atoms. The van der Waals surface area contributed by atoms with E-state index in [1.807, 2.05) is 0 Å². The van der Waals surface area contributed by atoms with Gasteiger partial charge in [0.2, 0.25) is 0 Å². The molecular weight excluding hydrogens is 793 g/mol. The molecule has 0 radical (unpaired) electrons. The average molecular weight is 922 g/mol. The van der Waals surface area contributed by atoms with Gasteiger partial charge in [-0.2, -0.15) is 0 Å². The van der Waals surface area contributed by atoms with E-state index in [2.05, 4.69) is 111 Å². The predicted octanol–water partition coefficient (Wildman–Crippen LogP) is 23.2. The smallest absolute Gasteiger partial charge is 0.0271 e. The predicted molar refractivity (Wildman–Crippen MR) is 300 cm³/mol. The summed E-state index contributed by atoms with van der Waals surface area (Å²) in [5.41, 5.74) is 4.30. The second-order valence-electron chi connectivity index (χ2n) is 29.3. The van der Waals surface area contributed by atoms with Crippen LogP contribution < -0.4 is 0 Å². The summed E-state index contributed by atoms with van der Waals surface area (Å²) in [7, 11) is 0. The van der Waals surface area contributed by atoms with Gasteiger partial charge in [0.25, 0.3) is 0 Å². The zero-order valence-corrected chi connectivity index (χ0v) is 49.1. The highest BCUT2D eigenvalue weighted by Crippen LogP contribution is 2.63. The third-order valence-electron chi connectivity index (χ3n) is 21.4. The van der Waals surface area contributed by atoms with Crippen molar-refractivity contribution in [1.29, 1.82) is 0 Å². The van der Waals surface area contributed by atoms with Crippen LogP contribution in [-0.2, 0) is 0 Å². The molecule has 392 valence electrons. The summed E-state index contributed by atoms with van der Waals surface area (Å²) in [6, 6.07) is 0. The van der Waals surface area contributed by atoms with Crippen LogP contribution in [0, 0.1) is 79.8 Å². The van der Waals surface area contributed by atoms with Crippen LogP contribution in [-0.4, -0.2) is 0 Å². The molecule has 0 heterocycles. The lowest BCUT2D eigenvalue weighted by molar-refractivity contribution is -0.1000. The van der Waals surface area contributed by atoms with E-state index in [0.29, 0.717) is 16.2 Å². The second kappa shape index (κ2) is 28.9. The van der Waals surface area contributed by atoms with Crippen molar-refractivity contribution in [2.45, 2.75) is 342 Å². The molecule has 9 saturated carbocycles. The van der Waals surface area contributed by atoms with Gasteiger partial charge in [0.1, 0.15) is 0 Å². The van der Waals surface area contributed by atoms with Gasteiger partial charge in [-0.15, -0.1) is 0 Å². The van der Waals surface area contributed by atoms with Gasteiger partial charge in [-0.1, -0.05) is 220 Å². The fraction of sp³-hybridized carbons (Fsp3) is 1.00. The first-order valence-electron chi connectivity index (χ1n) is 31.0. The molecule has 0 aromatic rings. The molecule has 4 bridgehead atoms. The topological polar surface area (TPSA) is 0 Å². The highest BCUT2D eigenvalue weighted by Gasteiger charge is 2.53. The van der Waals surface area contributed by atoms with Crippen molar-refractivity contribution in [1.82, 2.24) is 0 Å². The summed E-state index contributed by atoms with van der Waals surface area (Å²) >= 11 is 0. The third kappa shape index (κ3) is 20.6. The SMILES string of the molecule is CC(C)CC1(C)CCCC1.CC(C)CC1(C)CCCCC1.CC1CCC(C)(C(C)C)CC1.CCC1(C)C2CC3CC(C2)CC1C3.CCCCC1(C)CCCC1.CCCCC1(C)CCCCC1. The van der Waals surface area contributed by atoms with Crippen molar-refractivity contribution in [2.75, 3.05) is 0 Å². The van der Waals surface area contributed by atoms with Crippen LogP contribution in [0.5, 0.6) is 0 Å². The van der Waals surface area contributed by atoms with Gasteiger partial charge in [-0.05, 0) is 202 Å². The Hall–Kier alpha value is 0. The van der Waals surface area contributed by atoms with Gasteiger partial charge in [0.15, 0.2) is 0 Å². The van der Waals surface area contributed by atoms with E-state index < -0.39 is 0 Å². The van der Waals surface area contributed by atoms with Gasteiger partial charge in [0, 0.05) is 0 Å². The number of rotatable bonds is 12. The van der Waals surface area contributed by atoms with Crippen molar-refractivity contribution in [3.63, 3.8) is 0 Å². The number of hydrogen-bond acceptors (Lipinski definition) is 0. The van der Waals surface area contributed by atoms with E-state index in [4.69, 9.17) is 0 Å². The minimum atomic E-state index is 0.659. The van der Waals surface area contributed by atoms with E-state index in [1.165, 1.54) is 199 Å². The van der Waals surface area contributed by atoms with E-state index in [0.717, 1.165) is 63.6 Å². The fourth-order valence-corrected chi connectivity index (χ4v) is 16.2. The quantitative estimate of drug-likeness (QED) is 0.183. The van der Waals surface area contributed by atoms with Gasteiger partial charge in [-0.3, -0.25) is 0 Å². The molecular formula is C66H128. The van der Waals surface area contributed by atoms with Gasteiger partial charge in [-0.25, -0.2) is 0 Å². The Balaban J connectivity index is 0.000000211. The Labute approximate surface area is 419 Å². The summed E-state index contributed by atoms with van der Waals surface area (Å²) < 4.78 is 0. The standard InChI is InChI=1S/C13H22.3C11H22.2C10H20/c1-3-13(2)11-5-9-4-10(7-11)8-12(13)6-9;1-9(2)11(4)7-5-10(3)6-8-11;1-10(2)9-11(3)7-5-4-6-8-11;1-3-4-8-11(2)9-6-5-7-10-11;1-9(2)8-10(3)6-4-5-7-10;1-3-4-7-10(2)8-5-6-9-10/h9-12H,3-8H2,1-2H3;9-10H,5-8H2,1-4H3;10H,4-9H2,1-3H3;3-10H2,1-2H3;9H,4-8H2,1-3H3;3-9H2,1-2H3. The zero-order valence-electron chi connectivity index (χ0n) is 49.1. The second-order valence-corrected chi connectivity index (χ2v) is 29.3. The number of unbranched alkanes of at least 4 members (excludes halogenated alkanes) is 2. The van der Waals surface area contributed by atoms with Crippen molar-refractivity contribution < 1.29 is 0 Å². The summed E-state index contributed by atoms with van der Waals surface area (Å²) in [5.74, 6) is 8.13. The zero-order chi connectivity index (χ0) is 49.1. The summed E-state index contributed by atoms with van der Waals surface area (Å²) in [5, 5.41) is 0. The van der Waals surface area contributed by atoms with Crippen LogP contribution in [0.2, 0.25) is 0 Å². The summed E-state index contributed by atoms with van der Waals surface area (Å²) in [4.78, 5) is 0. The third-order valence-corrected chi connectivity index (χ3v) is 21.4. The minimum absolute atomic E-state index is 0.659. The Morgan fingerprint density at radius 1 is 0.409 bits per heavy atom. The Kier molecular flexibility index (Phi) is 26.4. The highest BCUT2D eigenvalue weighted by atomic mass is 14.6. The lowest BCUT2D eigenvalue weighted by atomic mass is 9.45. The maximum Gasteiger partial charge on any atom is -0.0271 e. The van der Waals surface area contributed by atoms with Gasteiger partial charge < -0.3 is 0 Å². The molecule has 0 N–H and O–H groups in total. The molecule has 0 aromatic carbocycles. The lowest BCUT2D eigenvalue weighted by Crippen LogP contribution is -2.51. The van der Waals surface area contributed by atoms with E-state index in [9.17, 15) is 0 Å². The average Bonchev–Trinajstić information content (AvgIpc) is 3.90. The fourth-order valence-electron chi connectivity index (χ4n) is 16.2. The minimum Gasteiger partial charge on any atom is -0.0654 e. The molecule has 9 aliphatic carbocycles. The molecule has 0 unspecified atom stereocenters. The molecule has 0 amide bonds. The molecule has 66 heavy (non-hydrogen) atoms. The molecule has 9 fully saturated rings. The maximum atomic E-state index is 2.58. The number of hydrogen-bond donors (Lipinski definition) is 0. The van der Waals surface area contributed by atoms with Crippen LogP contribution in [0.15, 0.2) is 0 Å². The first kappa shape index (κ1) is 60.3. The highest BCUT2D eigenvalue weighted by molar-refractivity contribution is 5.03. The first-order chi connectivity index (χ1) is 31.0. The molecule has 0 aromatic heterocycles. The summed E-state index contributed by atoms with van der Waals surface area (Å²) in [6.07, 6.45) is 53.3. The van der Waals surface area contributed by atoms with Crippen molar-refractivity contribution in [3.05, 3.63) is 0 Å². The molecule has 0 aliphatic heterocycles. The molecule has 9 rings (SSSR count). The molecule has 0 nitrogen and oxygen atoms in total. The molecule has 0 heteroatoms. The summed E-state index contributed by atoms with van der Waals surface area (Å²) in [6.45, 7) is 38.4. The van der Waals surface area contributed by atoms with Crippen molar-refractivity contribution in [3.8, 4) is 0 Å². The van der Waals surface area contributed by atoms with E-state index in [1.54, 1.807) is 32.1 Å². The first-order valence-corrected chi connectivity index (χ1v) is 31.0. The maximum absolute atomic E-state index is 2.58. The molecule has 0 atom stereocenters. The Morgan fingerprint density at radius 3 is 1.02 bits per heavy atom. The molecule has 9 aliphatic rings. The van der Waals surface area contributed by atoms with Crippen LogP contribution in [0.1, 0.15) is 342 Å². The van der Waals surface area contributed by atoms with Crippen LogP contribution in [0.3, 0.4) is 0 Å². The van der Waals surface area contributed by atoms with Crippen LogP contribution in [0.4, 0.5) is 0 Å². The van der Waals surface area contributed by atoms with Crippen molar-refractivity contribution in [2.24, 2.45) is 79.8 Å². The Bertz CT molecular complexity index is 1180. The van der Waals surface area contributed by atoms with Gasteiger partial charge >= 0.3 is 0 Å².